The smallest absolute Gasteiger partial charge is 0.326 e. The number of unbranched alkanes of at least 4 members (excludes halogenated alkanes) is 1. The summed E-state index contributed by atoms with van der Waals surface area (Å²) in [5, 5.41) is 14.4. The zero-order valence-corrected chi connectivity index (χ0v) is 11.8. The number of nitrogens with one attached hydrogen (secondary N) is 2. The van der Waals surface area contributed by atoms with E-state index in [1.807, 2.05) is 6.92 Å². The second-order valence-corrected chi connectivity index (χ2v) is 5.23. The highest BCUT2D eigenvalue weighted by atomic mass is 16.4. The molecule has 1 fully saturated rings. The van der Waals surface area contributed by atoms with Crippen LogP contribution in [-0.2, 0) is 4.79 Å². The van der Waals surface area contributed by atoms with Crippen LogP contribution < -0.4 is 10.6 Å². The van der Waals surface area contributed by atoms with Gasteiger partial charge in [-0.05, 0) is 39.4 Å². The molecule has 0 unspecified atom stereocenters. The van der Waals surface area contributed by atoms with Gasteiger partial charge in [-0.3, -0.25) is 0 Å². The van der Waals surface area contributed by atoms with Crippen LogP contribution in [0.15, 0.2) is 0 Å². The Morgan fingerprint density at radius 3 is 2.53 bits per heavy atom. The highest BCUT2D eigenvalue weighted by molar-refractivity contribution is 5.82. The summed E-state index contributed by atoms with van der Waals surface area (Å²) in [7, 11) is 2.06. The number of amides is 2. The van der Waals surface area contributed by atoms with Crippen molar-refractivity contribution in [2.45, 2.75) is 51.1 Å². The molecule has 6 nitrogen and oxygen atoms in total. The molecule has 0 saturated carbocycles. The zero-order valence-electron chi connectivity index (χ0n) is 11.8. The minimum absolute atomic E-state index is 0.150. The van der Waals surface area contributed by atoms with Crippen molar-refractivity contribution in [1.29, 1.82) is 0 Å². The molecule has 19 heavy (non-hydrogen) atoms. The standard InChI is InChI=1S/C13H25N3O3/c1-3-4-5-11(12(17)18)15-13(19)14-10-6-8-16(2)9-7-10/h10-11H,3-9H2,1-2H3,(H,17,18)(H2,14,15,19)/t11-/m0/s1. The Labute approximate surface area is 114 Å². The zero-order chi connectivity index (χ0) is 14.3. The van der Waals surface area contributed by atoms with Crippen LogP contribution in [0.25, 0.3) is 0 Å². The third-order valence-electron chi connectivity index (χ3n) is 3.50. The lowest BCUT2D eigenvalue weighted by atomic mass is 10.1. The van der Waals surface area contributed by atoms with E-state index in [4.69, 9.17) is 5.11 Å². The summed E-state index contributed by atoms with van der Waals surface area (Å²) in [4.78, 5) is 25.0. The number of carbonyl (C=O) groups excluding carboxylic acids is 1. The fraction of sp³-hybridized carbons (Fsp3) is 0.846. The van der Waals surface area contributed by atoms with Crippen molar-refractivity contribution in [3.63, 3.8) is 0 Å². The van der Waals surface area contributed by atoms with E-state index in [0.717, 1.165) is 38.8 Å². The number of carbonyl (C=O) groups is 2. The predicted octanol–water partition coefficient (Wildman–Crippen LogP) is 1.02. The number of rotatable bonds is 6. The van der Waals surface area contributed by atoms with Crippen LogP contribution in [0.2, 0.25) is 0 Å². The van der Waals surface area contributed by atoms with Gasteiger partial charge in [-0.25, -0.2) is 9.59 Å². The number of likely N-dealkylation sites (tertiary alicyclic amines) is 1. The van der Waals surface area contributed by atoms with E-state index in [2.05, 4.69) is 22.6 Å². The lowest BCUT2D eigenvalue weighted by Crippen LogP contribution is -2.51. The van der Waals surface area contributed by atoms with Crippen LogP contribution in [0, 0.1) is 0 Å². The highest BCUT2D eigenvalue weighted by Crippen LogP contribution is 2.08. The fourth-order valence-corrected chi connectivity index (χ4v) is 2.20. The Hall–Kier alpha value is -1.30. The van der Waals surface area contributed by atoms with Gasteiger partial charge in [0, 0.05) is 6.04 Å². The number of carboxylic acid groups (broad SMARTS) is 1. The molecule has 1 aliphatic heterocycles. The van der Waals surface area contributed by atoms with Crippen LogP contribution in [-0.4, -0.2) is 54.2 Å². The number of nitrogens with zero attached hydrogens (tertiary/aromatic N) is 1. The number of urea groups is 1. The molecular formula is C13H25N3O3. The average molecular weight is 271 g/mol. The molecule has 0 aromatic heterocycles. The van der Waals surface area contributed by atoms with E-state index < -0.39 is 12.0 Å². The molecule has 110 valence electrons. The van der Waals surface area contributed by atoms with Crippen molar-refractivity contribution in [2.24, 2.45) is 0 Å². The third-order valence-corrected chi connectivity index (χ3v) is 3.50. The molecule has 0 radical (unpaired) electrons. The van der Waals surface area contributed by atoms with Crippen molar-refractivity contribution in [3.05, 3.63) is 0 Å². The monoisotopic (exact) mass is 271 g/mol. The van der Waals surface area contributed by atoms with Crippen LogP contribution in [0.1, 0.15) is 39.0 Å². The molecule has 0 aromatic rings. The van der Waals surface area contributed by atoms with Gasteiger partial charge in [-0.1, -0.05) is 19.8 Å². The maximum absolute atomic E-state index is 11.8. The van der Waals surface area contributed by atoms with Crippen molar-refractivity contribution < 1.29 is 14.7 Å². The summed E-state index contributed by atoms with van der Waals surface area (Å²) in [5.41, 5.74) is 0. The SMILES string of the molecule is CCCC[C@H](NC(=O)NC1CCN(C)CC1)C(=O)O. The molecule has 0 aromatic carbocycles. The van der Waals surface area contributed by atoms with Crippen LogP contribution in [0.4, 0.5) is 4.79 Å². The normalized spacial score (nSPS) is 18.8. The predicted molar refractivity (Wildman–Crippen MR) is 73.1 cm³/mol. The lowest BCUT2D eigenvalue weighted by molar-refractivity contribution is -0.139. The molecule has 2 amide bonds. The molecule has 1 rings (SSSR count). The largest absolute Gasteiger partial charge is 0.480 e. The second kappa shape index (κ2) is 7.99. The lowest BCUT2D eigenvalue weighted by Gasteiger charge is -2.29. The highest BCUT2D eigenvalue weighted by Gasteiger charge is 2.22. The third kappa shape index (κ3) is 5.92. The Bertz CT molecular complexity index is 302. The van der Waals surface area contributed by atoms with Crippen molar-refractivity contribution in [1.82, 2.24) is 15.5 Å². The second-order valence-electron chi connectivity index (χ2n) is 5.23. The molecular weight excluding hydrogens is 246 g/mol. The van der Waals surface area contributed by atoms with Gasteiger partial charge in [0.25, 0.3) is 0 Å². The summed E-state index contributed by atoms with van der Waals surface area (Å²) in [5.74, 6) is -0.966. The summed E-state index contributed by atoms with van der Waals surface area (Å²) < 4.78 is 0. The van der Waals surface area contributed by atoms with Crippen LogP contribution in [0.3, 0.4) is 0 Å². The van der Waals surface area contributed by atoms with E-state index in [1.54, 1.807) is 0 Å². The Kier molecular flexibility index (Phi) is 6.62. The van der Waals surface area contributed by atoms with Crippen LogP contribution in [0.5, 0.6) is 0 Å². The first-order valence-corrected chi connectivity index (χ1v) is 7.01. The average Bonchev–Trinajstić information content (AvgIpc) is 2.37. The summed E-state index contributed by atoms with van der Waals surface area (Å²) in [6, 6.07) is -0.999. The molecule has 3 N–H and O–H groups in total. The van der Waals surface area contributed by atoms with Gasteiger partial charge < -0.3 is 20.6 Å². The van der Waals surface area contributed by atoms with E-state index >= 15 is 0 Å². The first-order chi connectivity index (χ1) is 9.02. The number of carboxylic acids is 1. The van der Waals surface area contributed by atoms with Gasteiger partial charge in [-0.15, -0.1) is 0 Å². The van der Waals surface area contributed by atoms with E-state index in [1.165, 1.54) is 0 Å². The number of aliphatic carboxylic acids is 1. The van der Waals surface area contributed by atoms with E-state index in [-0.39, 0.29) is 12.1 Å². The number of hydrogen-bond acceptors (Lipinski definition) is 3. The van der Waals surface area contributed by atoms with Gasteiger partial charge in [0.05, 0.1) is 0 Å². The number of piperidine rings is 1. The molecule has 1 heterocycles. The Morgan fingerprint density at radius 2 is 2.00 bits per heavy atom. The van der Waals surface area contributed by atoms with Crippen molar-refractivity contribution in [2.75, 3.05) is 20.1 Å². The molecule has 6 heteroatoms. The first kappa shape index (κ1) is 15.8. The van der Waals surface area contributed by atoms with Crippen LogP contribution >= 0.6 is 0 Å². The molecule has 1 saturated heterocycles. The minimum atomic E-state index is -0.966. The van der Waals surface area contributed by atoms with Gasteiger partial charge in [-0.2, -0.15) is 0 Å². The summed E-state index contributed by atoms with van der Waals surface area (Å²) in [6.45, 7) is 3.92. The van der Waals surface area contributed by atoms with Gasteiger partial charge >= 0.3 is 12.0 Å². The molecule has 0 aliphatic carbocycles. The maximum atomic E-state index is 11.8. The molecule has 0 spiro atoms. The molecule has 1 atom stereocenters. The van der Waals surface area contributed by atoms with Crippen molar-refractivity contribution >= 4 is 12.0 Å². The van der Waals surface area contributed by atoms with E-state index in [0.29, 0.717) is 6.42 Å². The summed E-state index contributed by atoms with van der Waals surface area (Å²) in [6.07, 6.45) is 4.02. The first-order valence-electron chi connectivity index (χ1n) is 7.01. The maximum Gasteiger partial charge on any atom is 0.326 e. The molecule has 0 bridgehead atoms. The Morgan fingerprint density at radius 1 is 1.37 bits per heavy atom. The van der Waals surface area contributed by atoms with E-state index in [9.17, 15) is 9.59 Å². The quantitative estimate of drug-likeness (QED) is 0.674. The number of hydrogen-bond donors (Lipinski definition) is 3. The van der Waals surface area contributed by atoms with Gasteiger partial charge in [0.2, 0.25) is 0 Å². The molecule has 1 aliphatic rings. The van der Waals surface area contributed by atoms with Gasteiger partial charge in [0.15, 0.2) is 0 Å². The minimum Gasteiger partial charge on any atom is -0.480 e. The summed E-state index contributed by atoms with van der Waals surface area (Å²) >= 11 is 0. The fourth-order valence-electron chi connectivity index (χ4n) is 2.20. The topological polar surface area (TPSA) is 81.7 Å². The van der Waals surface area contributed by atoms with Gasteiger partial charge in [0.1, 0.15) is 6.04 Å². The van der Waals surface area contributed by atoms with Crippen molar-refractivity contribution in [3.8, 4) is 0 Å². The Balaban J connectivity index is 2.33.